The molecular formula is C12H21N3O4S. The molecule has 3 fully saturated rings. The standard InChI is InChI=1S/C12H21N3O4S/c1-8(2)4-13-11(16)15-5-9-3-10-12(7-15,19-9)6-14-20(10,17)18/h8-10,14H,3-7H2,1-2H3,(H,13,16)/t9-,10+,12-/m0/s1. The summed E-state index contributed by atoms with van der Waals surface area (Å²) in [5, 5.41) is 2.35. The lowest BCUT2D eigenvalue weighted by molar-refractivity contribution is -0.0881. The number of morpholine rings is 1. The van der Waals surface area contributed by atoms with Crippen LogP contribution in [0.2, 0.25) is 0 Å². The maximum absolute atomic E-state index is 12.2. The van der Waals surface area contributed by atoms with Gasteiger partial charge in [-0.1, -0.05) is 13.8 Å². The molecule has 3 saturated heterocycles. The Bertz CT molecular complexity index is 521. The smallest absolute Gasteiger partial charge is 0.317 e. The molecule has 8 heteroatoms. The molecule has 0 aromatic carbocycles. The van der Waals surface area contributed by atoms with Crippen LogP contribution in [0.5, 0.6) is 0 Å². The van der Waals surface area contributed by atoms with Crippen LogP contribution in [0.15, 0.2) is 0 Å². The van der Waals surface area contributed by atoms with Crippen molar-refractivity contribution in [2.45, 2.75) is 37.2 Å². The molecule has 2 amide bonds. The highest BCUT2D eigenvalue weighted by Gasteiger charge is 2.62. The summed E-state index contributed by atoms with van der Waals surface area (Å²) in [5.41, 5.74) is -0.753. The molecule has 0 saturated carbocycles. The van der Waals surface area contributed by atoms with Crippen molar-refractivity contribution in [1.29, 1.82) is 0 Å². The van der Waals surface area contributed by atoms with Crippen molar-refractivity contribution >= 4 is 16.1 Å². The van der Waals surface area contributed by atoms with Crippen LogP contribution in [0.1, 0.15) is 20.3 Å². The summed E-state index contributed by atoms with van der Waals surface area (Å²) < 4.78 is 32.4. The van der Waals surface area contributed by atoms with Crippen molar-refractivity contribution in [3.05, 3.63) is 0 Å². The zero-order valence-electron chi connectivity index (χ0n) is 11.8. The van der Waals surface area contributed by atoms with Crippen LogP contribution in [-0.2, 0) is 14.8 Å². The van der Waals surface area contributed by atoms with Gasteiger partial charge in [0, 0.05) is 19.6 Å². The number of nitrogens with zero attached hydrogens (tertiary/aromatic N) is 1. The van der Waals surface area contributed by atoms with E-state index in [1.165, 1.54) is 0 Å². The van der Waals surface area contributed by atoms with Crippen LogP contribution >= 0.6 is 0 Å². The summed E-state index contributed by atoms with van der Waals surface area (Å²) in [6, 6.07) is -0.128. The molecule has 0 unspecified atom stereocenters. The zero-order chi connectivity index (χ0) is 14.5. The summed E-state index contributed by atoms with van der Waals surface area (Å²) in [6.07, 6.45) is 0.305. The Morgan fingerprint density at radius 1 is 1.55 bits per heavy atom. The Hall–Kier alpha value is -0.860. The number of amides is 2. The van der Waals surface area contributed by atoms with Gasteiger partial charge in [-0.2, -0.15) is 0 Å². The molecule has 20 heavy (non-hydrogen) atoms. The first-order chi connectivity index (χ1) is 9.32. The zero-order valence-corrected chi connectivity index (χ0v) is 12.6. The molecular weight excluding hydrogens is 282 g/mol. The maximum Gasteiger partial charge on any atom is 0.317 e. The third kappa shape index (κ3) is 2.19. The second kappa shape index (κ2) is 4.57. The van der Waals surface area contributed by atoms with Crippen LogP contribution in [0.4, 0.5) is 4.79 Å². The van der Waals surface area contributed by atoms with Crippen molar-refractivity contribution in [2.75, 3.05) is 26.2 Å². The minimum absolute atomic E-state index is 0.128. The average Bonchev–Trinajstić information content (AvgIpc) is 2.77. The fourth-order valence-corrected chi connectivity index (χ4v) is 5.19. The Balaban J connectivity index is 1.73. The molecule has 7 nitrogen and oxygen atoms in total. The van der Waals surface area contributed by atoms with Gasteiger partial charge in [0.25, 0.3) is 0 Å². The van der Waals surface area contributed by atoms with Gasteiger partial charge in [-0.3, -0.25) is 0 Å². The molecule has 0 aromatic rings. The molecule has 0 aromatic heterocycles. The second-order valence-corrected chi connectivity index (χ2v) is 8.30. The van der Waals surface area contributed by atoms with Crippen LogP contribution < -0.4 is 10.0 Å². The highest BCUT2D eigenvalue weighted by Crippen LogP contribution is 2.42. The van der Waals surface area contributed by atoms with E-state index in [1.807, 2.05) is 13.8 Å². The van der Waals surface area contributed by atoms with E-state index in [0.717, 1.165) is 0 Å². The minimum atomic E-state index is -3.30. The summed E-state index contributed by atoms with van der Waals surface area (Å²) >= 11 is 0. The fraction of sp³-hybridized carbons (Fsp3) is 0.917. The second-order valence-electron chi connectivity index (χ2n) is 6.36. The molecule has 0 aliphatic carbocycles. The predicted octanol–water partition coefficient (Wildman–Crippen LogP) is -0.503. The first kappa shape index (κ1) is 14.1. The number of urea groups is 1. The van der Waals surface area contributed by atoms with E-state index in [-0.39, 0.29) is 18.7 Å². The van der Waals surface area contributed by atoms with E-state index >= 15 is 0 Å². The molecule has 3 atom stereocenters. The number of nitrogens with one attached hydrogen (secondary N) is 2. The maximum atomic E-state index is 12.2. The van der Waals surface area contributed by atoms with Crippen molar-refractivity contribution in [1.82, 2.24) is 14.9 Å². The van der Waals surface area contributed by atoms with E-state index in [9.17, 15) is 13.2 Å². The van der Waals surface area contributed by atoms with Gasteiger partial charge in [-0.15, -0.1) is 0 Å². The highest BCUT2D eigenvalue weighted by molar-refractivity contribution is 7.90. The van der Waals surface area contributed by atoms with E-state index in [1.54, 1.807) is 4.90 Å². The molecule has 2 bridgehead atoms. The topological polar surface area (TPSA) is 87.7 Å². The van der Waals surface area contributed by atoms with Gasteiger partial charge in [0.05, 0.1) is 12.6 Å². The van der Waals surface area contributed by atoms with Crippen molar-refractivity contribution in [2.24, 2.45) is 5.92 Å². The number of rotatable bonds is 2. The molecule has 114 valence electrons. The van der Waals surface area contributed by atoms with Gasteiger partial charge >= 0.3 is 6.03 Å². The lowest BCUT2D eigenvalue weighted by Crippen LogP contribution is -2.58. The van der Waals surface area contributed by atoms with E-state index in [0.29, 0.717) is 32.0 Å². The van der Waals surface area contributed by atoms with Crippen molar-refractivity contribution < 1.29 is 17.9 Å². The molecule has 1 spiro atoms. The number of carbonyl (C=O) groups excluding carboxylic acids is 1. The van der Waals surface area contributed by atoms with Crippen LogP contribution in [0.3, 0.4) is 0 Å². The Kier molecular flexibility index (Phi) is 3.22. The lowest BCUT2D eigenvalue weighted by atomic mass is 10.00. The number of carbonyl (C=O) groups is 1. The largest absolute Gasteiger partial charge is 0.365 e. The molecule has 3 aliphatic heterocycles. The van der Waals surface area contributed by atoms with E-state index in [2.05, 4.69) is 10.0 Å². The summed E-state index contributed by atoms with van der Waals surface area (Å²) in [6.45, 7) is 5.76. The third-order valence-corrected chi connectivity index (χ3v) is 6.16. The van der Waals surface area contributed by atoms with Crippen LogP contribution in [0, 0.1) is 5.92 Å². The van der Waals surface area contributed by atoms with E-state index < -0.39 is 20.9 Å². The monoisotopic (exact) mass is 303 g/mol. The first-order valence-electron chi connectivity index (χ1n) is 7.01. The molecule has 3 aliphatic rings. The molecule has 0 radical (unpaired) electrons. The van der Waals surface area contributed by atoms with Gasteiger partial charge in [0.1, 0.15) is 10.9 Å². The van der Waals surface area contributed by atoms with E-state index in [4.69, 9.17) is 4.74 Å². The van der Waals surface area contributed by atoms with Gasteiger partial charge in [0.15, 0.2) is 0 Å². The van der Waals surface area contributed by atoms with Gasteiger partial charge in [0.2, 0.25) is 10.0 Å². The summed E-state index contributed by atoms with van der Waals surface area (Å²) in [5.74, 6) is 0.385. The Morgan fingerprint density at radius 2 is 2.30 bits per heavy atom. The normalized spacial score (nSPS) is 38.0. The number of hydrogen-bond donors (Lipinski definition) is 2. The average molecular weight is 303 g/mol. The third-order valence-electron chi connectivity index (χ3n) is 4.24. The minimum Gasteiger partial charge on any atom is -0.365 e. The van der Waals surface area contributed by atoms with Crippen molar-refractivity contribution in [3.63, 3.8) is 0 Å². The number of fused-ring (bicyclic) bond motifs is 1. The molecule has 3 rings (SSSR count). The number of sulfonamides is 1. The van der Waals surface area contributed by atoms with Crippen LogP contribution in [-0.4, -0.2) is 62.5 Å². The fourth-order valence-electron chi connectivity index (χ4n) is 3.30. The van der Waals surface area contributed by atoms with Gasteiger partial charge in [-0.05, 0) is 12.3 Å². The first-order valence-corrected chi connectivity index (χ1v) is 8.56. The molecule has 3 heterocycles. The lowest BCUT2D eigenvalue weighted by Gasteiger charge is -2.39. The van der Waals surface area contributed by atoms with Crippen LogP contribution in [0.25, 0.3) is 0 Å². The summed E-state index contributed by atoms with van der Waals surface area (Å²) in [4.78, 5) is 13.9. The number of ether oxygens (including phenoxy) is 1. The van der Waals surface area contributed by atoms with Gasteiger partial charge < -0.3 is 15.0 Å². The summed E-state index contributed by atoms with van der Waals surface area (Å²) in [7, 11) is -3.30. The Morgan fingerprint density at radius 3 is 3.00 bits per heavy atom. The Labute approximate surface area is 119 Å². The highest BCUT2D eigenvalue weighted by atomic mass is 32.2. The van der Waals surface area contributed by atoms with Gasteiger partial charge in [-0.25, -0.2) is 17.9 Å². The SMILES string of the molecule is CC(C)CNC(=O)N1C[C@@H]2C[C@@H]3[C@](CNS3(=O)=O)(C1)O2. The predicted molar refractivity (Wildman–Crippen MR) is 72.7 cm³/mol. The quantitative estimate of drug-likeness (QED) is 0.720. The van der Waals surface area contributed by atoms with Crippen molar-refractivity contribution in [3.8, 4) is 0 Å². The number of likely N-dealkylation sites (tertiary alicyclic amines) is 1. The molecule has 2 N–H and O–H groups in total. The number of hydrogen-bond acceptors (Lipinski definition) is 4.